The number of carbonyl (C=O) groups is 1. The predicted octanol–water partition coefficient (Wildman–Crippen LogP) is 3.56. The zero-order valence-corrected chi connectivity index (χ0v) is 16.5. The number of pyridine rings is 1. The quantitative estimate of drug-likeness (QED) is 0.405. The average molecular weight is 414 g/mol. The number of hydrogen-bond acceptors (Lipinski definition) is 6. The Balaban J connectivity index is 1.48. The predicted molar refractivity (Wildman–Crippen MR) is 117 cm³/mol. The molecule has 3 N–H and O–H groups in total. The van der Waals surface area contributed by atoms with Crippen molar-refractivity contribution in [2.45, 2.75) is 13.5 Å². The Labute approximate surface area is 175 Å². The van der Waals surface area contributed by atoms with Crippen LogP contribution in [0, 0.1) is 6.92 Å². The number of nitrogens with one attached hydrogen (secondary N) is 3. The smallest absolute Gasteiger partial charge is 0.261 e. The van der Waals surface area contributed by atoms with E-state index in [1.807, 2.05) is 49.4 Å². The molecule has 0 radical (unpaired) electrons. The van der Waals surface area contributed by atoms with Crippen LogP contribution in [0.15, 0.2) is 70.4 Å². The highest BCUT2D eigenvalue weighted by Crippen LogP contribution is 2.26. The molecule has 9 nitrogen and oxygen atoms in total. The number of H-pyrrole nitrogens is 1. The van der Waals surface area contributed by atoms with Gasteiger partial charge in [0.15, 0.2) is 0 Å². The molecule has 3 heterocycles. The molecule has 0 aliphatic heterocycles. The first kappa shape index (κ1) is 18.6. The summed E-state index contributed by atoms with van der Waals surface area (Å²) in [5.74, 6) is -0.352. The fraction of sp³-hybridized carbons (Fsp3) is 0.0909. The molecule has 0 saturated heterocycles. The number of aryl methyl sites for hydroxylation is 1. The van der Waals surface area contributed by atoms with Crippen molar-refractivity contribution in [3.63, 3.8) is 0 Å². The molecule has 0 atom stereocenters. The second-order valence-electron chi connectivity index (χ2n) is 7.17. The van der Waals surface area contributed by atoms with E-state index in [4.69, 9.17) is 4.52 Å². The lowest BCUT2D eigenvalue weighted by Gasteiger charge is -2.12. The van der Waals surface area contributed by atoms with Gasteiger partial charge in [-0.15, -0.1) is 0 Å². The van der Waals surface area contributed by atoms with Gasteiger partial charge in [-0.05, 0) is 42.6 Å². The lowest BCUT2D eigenvalue weighted by molar-refractivity contribution is -0.116. The van der Waals surface area contributed by atoms with Crippen molar-refractivity contribution in [1.29, 1.82) is 0 Å². The molecule has 0 aliphatic carbocycles. The summed E-state index contributed by atoms with van der Waals surface area (Å²) in [6.07, 6.45) is 4.32. The lowest BCUT2D eigenvalue weighted by atomic mass is 10.1. The van der Waals surface area contributed by atoms with Gasteiger partial charge >= 0.3 is 0 Å². The number of benzene rings is 2. The number of rotatable bonds is 5. The first-order valence-corrected chi connectivity index (χ1v) is 9.61. The zero-order chi connectivity index (χ0) is 21.4. The maximum Gasteiger partial charge on any atom is 0.261 e. The van der Waals surface area contributed by atoms with E-state index in [1.54, 1.807) is 6.20 Å². The molecule has 0 saturated carbocycles. The van der Waals surface area contributed by atoms with Crippen molar-refractivity contribution in [3.8, 4) is 0 Å². The Morgan fingerprint density at radius 3 is 2.94 bits per heavy atom. The van der Waals surface area contributed by atoms with Crippen LogP contribution in [-0.2, 0) is 11.3 Å². The Kier molecular flexibility index (Phi) is 4.47. The molecule has 3 aromatic heterocycles. The molecule has 0 fully saturated rings. The summed E-state index contributed by atoms with van der Waals surface area (Å²) in [6.45, 7) is 1.81. The molecule has 154 valence electrons. The Hall–Kier alpha value is -4.40. The second kappa shape index (κ2) is 7.45. The van der Waals surface area contributed by atoms with Crippen LogP contribution in [0.5, 0.6) is 0 Å². The van der Waals surface area contributed by atoms with Crippen LogP contribution in [0.4, 0.5) is 17.1 Å². The number of carbonyl (C=O) groups excluding carboxylic acids is 1. The number of amides is 1. The third kappa shape index (κ3) is 3.52. The number of hydrogen-bond donors (Lipinski definition) is 3. The van der Waals surface area contributed by atoms with Gasteiger partial charge in [-0.2, -0.15) is 5.10 Å². The van der Waals surface area contributed by atoms with E-state index in [2.05, 4.69) is 26.0 Å². The normalized spacial score (nSPS) is 11.1. The fourth-order valence-corrected chi connectivity index (χ4v) is 3.57. The van der Waals surface area contributed by atoms with Crippen LogP contribution in [-0.4, -0.2) is 25.8 Å². The molecule has 1 amide bonds. The fourth-order valence-electron chi connectivity index (χ4n) is 3.57. The van der Waals surface area contributed by atoms with Crippen molar-refractivity contribution in [1.82, 2.24) is 19.9 Å². The Bertz CT molecular complexity index is 1470. The summed E-state index contributed by atoms with van der Waals surface area (Å²) in [5.41, 5.74) is 3.49. The maximum absolute atomic E-state index is 13.2. The van der Waals surface area contributed by atoms with Gasteiger partial charge in [0, 0.05) is 17.3 Å². The minimum absolute atomic E-state index is 0.131. The van der Waals surface area contributed by atoms with Crippen LogP contribution in [0.1, 0.15) is 5.69 Å². The molecule has 5 rings (SSSR count). The topological polar surface area (TPSA) is 118 Å². The number of fused-ring (bicyclic) bond motifs is 2. The zero-order valence-electron chi connectivity index (χ0n) is 16.5. The summed E-state index contributed by atoms with van der Waals surface area (Å²) in [6, 6.07) is 13.3. The molecule has 0 bridgehead atoms. The molecular weight excluding hydrogens is 396 g/mol. The second-order valence-corrected chi connectivity index (χ2v) is 7.17. The Morgan fingerprint density at radius 2 is 2.10 bits per heavy atom. The number of aromatic nitrogens is 4. The third-order valence-corrected chi connectivity index (χ3v) is 5.07. The van der Waals surface area contributed by atoms with E-state index < -0.39 is 0 Å². The van der Waals surface area contributed by atoms with Crippen molar-refractivity contribution >= 4 is 44.6 Å². The van der Waals surface area contributed by atoms with Crippen molar-refractivity contribution < 1.29 is 9.32 Å². The maximum atomic E-state index is 13.2. The van der Waals surface area contributed by atoms with Gasteiger partial charge in [0.05, 0.1) is 28.5 Å². The number of nitrogens with zero attached hydrogens (tertiary/aromatic N) is 3. The monoisotopic (exact) mass is 414 g/mol. The number of anilines is 3. The first-order valence-electron chi connectivity index (χ1n) is 9.61. The van der Waals surface area contributed by atoms with Crippen LogP contribution in [0.3, 0.4) is 0 Å². The molecule has 0 unspecified atom stereocenters. The minimum Gasteiger partial charge on any atom is -0.363 e. The van der Waals surface area contributed by atoms with Gasteiger partial charge in [0.2, 0.25) is 5.91 Å². The van der Waals surface area contributed by atoms with E-state index in [0.717, 1.165) is 27.7 Å². The number of aromatic amines is 1. The summed E-state index contributed by atoms with van der Waals surface area (Å²) >= 11 is 0. The highest BCUT2D eigenvalue weighted by molar-refractivity contribution is 5.96. The first-order chi connectivity index (χ1) is 15.1. The summed E-state index contributed by atoms with van der Waals surface area (Å²) in [4.78, 5) is 25.5. The minimum atomic E-state index is -0.352. The van der Waals surface area contributed by atoms with E-state index in [9.17, 15) is 9.59 Å². The standard InChI is InChI=1S/C22H18N6O3/c1-13-17-6-5-15(9-19(17)27-26-13)24-18-4-2-3-14-7-8-28(22(30)21(14)18)11-20(29)25-16-10-23-31-12-16/h2-10,12,24H,11H2,1H3,(H,25,29)(H,26,27). The van der Waals surface area contributed by atoms with Gasteiger partial charge < -0.3 is 19.7 Å². The van der Waals surface area contributed by atoms with Crippen LogP contribution >= 0.6 is 0 Å². The van der Waals surface area contributed by atoms with Gasteiger partial charge in [-0.25, -0.2) is 0 Å². The van der Waals surface area contributed by atoms with Gasteiger partial charge in [-0.3, -0.25) is 14.7 Å². The molecule has 5 aromatic rings. The van der Waals surface area contributed by atoms with Crippen molar-refractivity contribution in [2.75, 3.05) is 10.6 Å². The third-order valence-electron chi connectivity index (χ3n) is 5.07. The highest BCUT2D eigenvalue weighted by Gasteiger charge is 2.12. The van der Waals surface area contributed by atoms with E-state index in [0.29, 0.717) is 16.8 Å². The lowest BCUT2D eigenvalue weighted by Crippen LogP contribution is -2.27. The Morgan fingerprint density at radius 1 is 1.19 bits per heavy atom. The van der Waals surface area contributed by atoms with Gasteiger partial charge in [0.1, 0.15) is 18.5 Å². The summed E-state index contributed by atoms with van der Waals surface area (Å²) in [5, 5.41) is 19.1. The molecule has 0 aliphatic rings. The van der Waals surface area contributed by atoms with Gasteiger partial charge in [0.25, 0.3) is 5.56 Å². The van der Waals surface area contributed by atoms with E-state index in [-0.39, 0.29) is 18.0 Å². The average Bonchev–Trinajstić information content (AvgIpc) is 3.40. The van der Waals surface area contributed by atoms with Gasteiger partial charge in [-0.1, -0.05) is 17.3 Å². The van der Waals surface area contributed by atoms with Crippen LogP contribution in [0.2, 0.25) is 0 Å². The molecule has 31 heavy (non-hydrogen) atoms. The van der Waals surface area contributed by atoms with Crippen LogP contribution < -0.4 is 16.2 Å². The van der Waals surface area contributed by atoms with Crippen LogP contribution in [0.25, 0.3) is 21.7 Å². The van der Waals surface area contributed by atoms with E-state index >= 15 is 0 Å². The molecule has 2 aromatic carbocycles. The van der Waals surface area contributed by atoms with Crippen molar-refractivity contribution in [2.24, 2.45) is 0 Å². The SMILES string of the molecule is Cc1n[nH]c2cc(Nc3cccc4ccn(CC(=O)Nc5cnoc5)c(=O)c34)ccc12. The highest BCUT2D eigenvalue weighted by atomic mass is 16.5. The molecule has 9 heteroatoms. The van der Waals surface area contributed by atoms with E-state index in [1.165, 1.54) is 17.0 Å². The molecule has 0 spiro atoms. The summed E-state index contributed by atoms with van der Waals surface area (Å²) in [7, 11) is 0. The summed E-state index contributed by atoms with van der Waals surface area (Å²) < 4.78 is 6.07. The molecular formula is C22H18N6O3. The van der Waals surface area contributed by atoms with Crippen molar-refractivity contribution in [3.05, 3.63) is 77.2 Å². The largest absolute Gasteiger partial charge is 0.363 e.